The van der Waals surface area contributed by atoms with Gasteiger partial charge in [0.15, 0.2) is 0 Å². The van der Waals surface area contributed by atoms with Crippen LogP contribution >= 0.6 is 0 Å². The van der Waals surface area contributed by atoms with Crippen molar-refractivity contribution in [2.75, 3.05) is 26.7 Å². The lowest BCUT2D eigenvalue weighted by Crippen LogP contribution is -2.41. The van der Waals surface area contributed by atoms with Gasteiger partial charge in [0, 0.05) is 30.1 Å². The number of benzene rings is 2. The lowest BCUT2D eigenvalue weighted by Gasteiger charge is -2.37. The quantitative estimate of drug-likeness (QED) is 0.444. The number of aryl methyl sites for hydroxylation is 1. The van der Waals surface area contributed by atoms with E-state index in [4.69, 9.17) is 4.74 Å². The molecule has 3 atom stereocenters. The van der Waals surface area contributed by atoms with Gasteiger partial charge in [-0.1, -0.05) is 24.0 Å². The maximum Gasteiger partial charge on any atom is 0.303 e. The van der Waals surface area contributed by atoms with Crippen molar-refractivity contribution in [3.63, 3.8) is 0 Å². The van der Waals surface area contributed by atoms with Crippen LogP contribution in [0.4, 0.5) is 0 Å². The number of methoxy groups -OCH3 is 1. The Morgan fingerprint density at radius 2 is 2.08 bits per heavy atom. The molecule has 4 rings (SSSR count). The van der Waals surface area contributed by atoms with Crippen LogP contribution in [0.2, 0.25) is 0 Å². The summed E-state index contributed by atoms with van der Waals surface area (Å²) >= 11 is 0. The SMILES string of the molecule is COc1ccc2nccc([C@@H](O)CC[C@@H]3CCN(CC#Cc4cccc(C)c4)C[C@@H]3CC(=O)O)c2c1. The molecule has 1 aliphatic rings. The summed E-state index contributed by atoms with van der Waals surface area (Å²) in [5.74, 6) is 6.73. The zero-order valence-corrected chi connectivity index (χ0v) is 21.0. The molecule has 1 aromatic heterocycles. The third kappa shape index (κ3) is 6.63. The minimum absolute atomic E-state index is 0.0403. The van der Waals surface area contributed by atoms with Gasteiger partial charge in [0.2, 0.25) is 0 Å². The zero-order valence-electron chi connectivity index (χ0n) is 21.0. The van der Waals surface area contributed by atoms with Crippen LogP contribution in [0.15, 0.2) is 54.7 Å². The van der Waals surface area contributed by atoms with Crippen LogP contribution in [-0.2, 0) is 4.79 Å². The molecule has 2 heterocycles. The maximum absolute atomic E-state index is 11.6. The number of aliphatic hydroxyl groups is 1. The first-order chi connectivity index (χ1) is 17.4. The van der Waals surface area contributed by atoms with E-state index in [1.165, 1.54) is 5.56 Å². The molecule has 0 amide bonds. The van der Waals surface area contributed by atoms with Gasteiger partial charge < -0.3 is 14.9 Å². The van der Waals surface area contributed by atoms with Crippen LogP contribution < -0.4 is 4.74 Å². The maximum atomic E-state index is 11.6. The van der Waals surface area contributed by atoms with E-state index in [1.807, 2.05) is 36.4 Å². The van der Waals surface area contributed by atoms with Crippen molar-refractivity contribution in [2.24, 2.45) is 11.8 Å². The van der Waals surface area contributed by atoms with Crippen molar-refractivity contribution in [2.45, 2.75) is 38.7 Å². The molecule has 0 saturated carbocycles. The predicted molar refractivity (Wildman–Crippen MR) is 141 cm³/mol. The Kier molecular flexibility index (Phi) is 8.58. The number of aliphatic carboxylic acids is 1. The van der Waals surface area contributed by atoms with Crippen molar-refractivity contribution in [1.29, 1.82) is 0 Å². The third-order valence-electron chi connectivity index (χ3n) is 7.12. The van der Waals surface area contributed by atoms with Crippen molar-refractivity contribution in [3.05, 3.63) is 71.4 Å². The molecular formula is C30H34N2O4. The number of carbonyl (C=O) groups is 1. The van der Waals surface area contributed by atoms with E-state index < -0.39 is 12.1 Å². The number of rotatable bonds is 8. The van der Waals surface area contributed by atoms with Crippen LogP contribution in [0.5, 0.6) is 5.75 Å². The average molecular weight is 487 g/mol. The van der Waals surface area contributed by atoms with Crippen LogP contribution in [0.25, 0.3) is 10.9 Å². The molecular weight excluding hydrogens is 452 g/mol. The number of piperidine rings is 1. The number of aromatic nitrogens is 1. The van der Waals surface area contributed by atoms with Crippen molar-refractivity contribution in [3.8, 4) is 17.6 Å². The standard InChI is InChI=1S/C30H34N2O4/c1-21-5-3-6-22(17-21)7-4-15-32-16-13-23(24(20-32)18-30(34)35)8-11-29(33)26-12-14-31-28-10-9-25(36-2)19-27(26)28/h3,5-6,9-10,12,14,17,19,23-24,29,33H,8,11,13,15-16,18,20H2,1-2H3,(H,34,35)/t23-,24+,29+/m1/s1. The fraction of sp³-hybridized carbons (Fsp3) is 0.400. The fourth-order valence-electron chi connectivity index (χ4n) is 5.20. The molecule has 2 aromatic carbocycles. The van der Waals surface area contributed by atoms with Gasteiger partial charge in [0.05, 0.1) is 25.3 Å². The van der Waals surface area contributed by atoms with E-state index in [0.29, 0.717) is 19.5 Å². The Morgan fingerprint density at radius 1 is 1.22 bits per heavy atom. The number of carboxylic acid groups (broad SMARTS) is 1. The lowest BCUT2D eigenvalue weighted by molar-refractivity contribution is -0.139. The number of hydrogen-bond donors (Lipinski definition) is 2. The molecule has 0 spiro atoms. The Morgan fingerprint density at radius 3 is 2.86 bits per heavy atom. The highest BCUT2D eigenvalue weighted by molar-refractivity contribution is 5.83. The number of aliphatic hydroxyl groups excluding tert-OH is 1. The summed E-state index contributed by atoms with van der Waals surface area (Å²) in [6, 6.07) is 15.7. The first-order valence-electron chi connectivity index (χ1n) is 12.5. The van der Waals surface area contributed by atoms with E-state index in [0.717, 1.165) is 47.2 Å². The molecule has 6 heteroatoms. The Hall–Kier alpha value is -3.40. The number of carboxylic acids is 1. The third-order valence-corrected chi connectivity index (χ3v) is 7.12. The summed E-state index contributed by atoms with van der Waals surface area (Å²) in [6.45, 7) is 4.28. The molecule has 0 unspecified atom stereocenters. The van der Waals surface area contributed by atoms with E-state index in [2.05, 4.69) is 40.8 Å². The summed E-state index contributed by atoms with van der Waals surface area (Å²) in [7, 11) is 1.62. The normalized spacial score (nSPS) is 18.9. The second-order valence-electron chi connectivity index (χ2n) is 9.69. The molecule has 0 aliphatic carbocycles. The number of nitrogens with zero attached hydrogens (tertiary/aromatic N) is 2. The molecule has 3 aromatic rings. The van der Waals surface area contributed by atoms with Crippen molar-refractivity contribution < 1.29 is 19.7 Å². The monoisotopic (exact) mass is 486 g/mol. The Labute approximate surface area is 212 Å². The van der Waals surface area contributed by atoms with Crippen LogP contribution in [0.3, 0.4) is 0 Å². The van der Waals surface area contributed by atoms with Gasteiger partial charge in [-0.3, -0.25) is 14.7 Å². The topological polar surface area (TPSA) is 82.9 Å². The zero-order chi connectivity index (χ0) is 25.5. The minimum Gasteiger partial charge on any atom is -0.497 e. The second kappa shape index (κ2) is 12.0. The van der Waals surface area contributed by atoms with E-state index in [-0.39, 0.29) is 18.3 Å². The van der Waals surface area contributed by atoms with Crippen LogP contribution in [0, 0.1) is 30.6 Å². The second-order valence-corrected chi connectivity index (χ2v) is 9.69. The van der Waals surface area contributed by atoms with Gasteiger partial charge in [0.1, 0.15) is 5.75 Å². The summed E-state index contributed by atoms with van der Waals surface area (Å²) in [5.41, 5.74) is 3.83. The highest BCUT2D eigenvalue weighted by Gasteiger charge is 2.31. The number of pyridine rings is 1. The van der Waals surface area contributed by atoms with Gasteiger partial charge in [-0.25, -0.2) is 0 Å². The van der Waals surface area contributed by atoms with Crippen molar-refractivity contribution in [1.82, 2.24) is 9.88 Å². The summed E-state index contributed by atoms with van der Waals surface area (Å²) in [5, 5.41) is 21.5. The number of likely N-dealkylation sites (tertiary alicyclic amines) is 1. The summed E-state index contributed by atoms with van der Waals surface area (Å²) in [6.07, 6.45) is 3.46. The minimum atomic E-state index is -0.773. The van der Waals surface area contributed by atoms with Gasteiger partial charge in [0.25, 0.3) is 0 Å². The molecule has 1 aliphatic heterocycles. The average Bonchev–Trinajstić information content (AvgIpc) is 2.87. The van der Waals surface area contributed by atoms with Gasteiger partial charge in [-0.15, -0.1) is 0 Å². The fourth-order valence-corrected chi connectivity index (χ4v) is 5.20. The van der Waals surface area contributed by atoms with E-state index >= 15 is 0 Å². The van der Waals surface area contributed by atoms with Crippen molar-refractivity contribution >= 4 is 16.9 Å². The number of hydrogen-bond acceptors (Lipinski definition) is 5. The molecule has 188 valence electrons. The molecule has 1 fully saturated rings. The molecule has 2 N–H and O–H groups in total. The largest absolute Gasteiger partial charge is 0.497 e. The van der Waals surface area contributed by atoms with Gasteiger partial charge >= 0.3 is 5.97 Å². The molecule has 6 nitrogen and oxygen atoms in total. The van der Waals surface area contributed by atoms with E-state index in [1.54, 1.807) is 13.3 Å². The molecule has 0 bridgehead atoms. The van der Waals surface area contributed by atoms with Crippen LogP contribution in [-0.4, -0.2) is 52.8 Å². The summed E-state index contributed by atoms with van der Waals surface area (Å²) < 4.78 is 5.35. The molecule has 0 radical (unpaired) electrons. The smallest absolute Gasteiger partial charge is 0.303 e. The van der Waals surface area contributed by atoms with Crippen LogP contribution in [0.1, 0.15) is 48.5 Å². The highest BCUT2D eigenvalue weighted by Crippen LogP contribution is 2.34. The molecule has 36 heavy (non-hydrogen) atoms. The Balaban J connectivity index is 1.39. The van der Waals surface area contributed by atoms with E-state index in [9.17, 15) is 15.0 Å². The van der Waals surface area contributed by atoms with Gasteiger partial charge in [-0.2, -0.15) is 0 Å². The predicted octanol–water partition coefficient (Wildman–Crippen LogP) is 4.83. The first kappa shape index (κ1) is 25.7. The Bertz CT molecular complexity index is 1260. The highest BCUT2D eigenvalue weighted by atomic mass is 16.5. The lowest BCUT2D eigenvalue weighted by atomic mass is 9.79. The molecule has 1 saturated heterocycles. The summed E-state index contributed by atoms with van der Waals surface area (Å²) in [4.78, 5) is 18.3. The number of fused-ring (bicyclic) bond motifs is 1. The van der Waals surface area contributed by atoms with Gasteiger partial charge in [-0.05, 0) is 92.1 Å². The number of ether oxygens (including phenoxy) is 1. The first-order valence-corrected chi connectivity index (χ1v) is 12.5.